The van der Waals surface area contributed by atoms with Crippen LogP contribution in [0.2, 0.25) is 0 Å². The largest absolute Gasteiger partial charge is 0.385 e. The van der Waals surface area contributed by atoms with Gasteiger partial charge in [0, 0.05) is 18.4 Å². The highest BCUT2D eigenvalue weighted by Crippen LogP contribution is 2.26. The zero-order valence-corrected chi connectivity index (χ0v) is 12.0. The van der Waals surface area contributed by atoms with Crippen LogP contribution in [0.3, 0.4) is 0 Å². The minimum Gasteiger partial charge on any atom is -0.385 e. The van der Waals surface area contributed by atoms with Gasteiger partial charge in [-0.1, -0.05) is 0 Å². The Bertz CT molecular complexity index is 778. The summed E-state index contributed by atoms with van der Waals surface area (Å²) < 4.78 is 40.4. The van der Waals surface area contributed by atoms with Gasteiger partial charge in [0.15, 0.2) is 5.82 Å². The molecule has 0 atom stereocenters. The summed E-state index contributed by atoms with van der Waals surface area (Å²) >= 11 is 0. The number of benzene rings is 1. The molecular weight excluding hydrogens is 293 g/mol. The molecular formula is C14H14FN3O2S. The number of nitrogens with one attached hydrogen (secondary N) is 2. The number of pyridine rings is 1. The maximum atomic E-state index is 13.5. The standard InChI is InChI=1S/C14H14FN3O2S/c15-12-9-16-7-5-14(12)18-21(19,20)11-3-4-13-10(8-11)2-1-6-17-13/h3-5,7-9,17H,1-2,6H2,(H,16,18). The molecule has 2 aromatic rings. The first-order chi connectivity index (χ1) is 10.1. The third-order valence-electron chi connectivity index (χ3n) is 3.34. The number of sulfonamides is 1. The van der Waals surface area contributed by atoms with Crippen LogP contribution >= 0.6 is 0 Å². The predicted molar refractivity (Wildman–Crippen MR) is 78.3 cm³/mol. The molecule has 0 unspecified atom stereocenters. The first-order valence-electron chi connectivity index (χ1n) is 6.55. The van der Waals surface area contributed by atoms with Crippen LogP contribution < -0.4 is 10.0 Å². The maximum Gasteiger partial charge on any atom is 0.261 e. The average Bonchev–Trinajstić information content (AvgIpc) is 2.49. The fourth-order valence-corrected chi connectivity index (χ4v) is 3.40. The number of rotatable bonds is 3. The number of anilines is 2. The van der Waals surface area contributed by atoms with E-state index >= 15 is 0 Å². The van der Waals surface area contributed by atoms with Gasteiger partial charge >= 0.3 is 0 Å². The number of halogens is 1. The molecule has 3 rings (SSSR count). The van der Waals surface area contributed by atoms with E-state index in [0.717, 1.165) is 36.8 Å². The Labute approximate surface area is 122 Å². The number of hydrogen-bond acceptors (Lipinski definition) is 4. The summed E-state index contributed by atoms with van der Waals surface area (Å²) in [5.41, 5.74) is 1.80. The lowest BCUT2D eigenvalue weighted by Crippen LogP contribution is -2.16. The number of nitrogens with zero attached hydrogens (tertiary/aromatic N) is 1. The molecule has 2 heterocycles. The smallest absolute Gasteiger partial charge is 0.261 e. The van der Waals surface area contributed by atoms with Crippen molar-refractivity contribution >= 4 is 21.4 Å². The van der Waals surface area contributed by atoms with Crippen molar-refractivity contribution in [2.24, 2.45) is 0 Å². The first kappa shape index (κ1) is 13.8. The normalized spacial score (nSPS) is 14.1. The third-order valence-corrected chi connectivity index (χ3v) is 4.71. The molecule has 21 heavy (non-hydrogen) atoms. The topological polar surface area (TPSA) is 71.1 Å². The van der Waals surface area contributed by atoms with E-state index in [1.807, 2.05) is 0 Å². The van der Waals surface area contributed by atoms with E-state index in [1.54, 1.807) is 12.1 Å². The molecule has 0 amide bonds. The van der Waals surface area contributed by atoms with E-state index in [9.17, 15) is 12.8 Å². The molecule has 0 saturated heterocycles. The molecule has 0 spiro atoms. The average molecular weight is 307 g/mol. The fraction of sp³-hybridized carbons (Fsp3) is 0.214. The summed E-state index contributed by atoms with van der Waals surface area (Å²) in [5.74, 6) is -0.708. The van der Waals surface area contributed by atoms with Crippen LogP contribution in [0.25, 0.3) is 0 Å². The molecule has 7 heteroatoms. The van der Waals surface area contributed by atoms with Crippen molar-refractivity contribution in [2.75, 3.05) is 16.6 Å². The molecule has 1 aliphatic rings. The Morgan fingerprint density at radius 3 is 2.95 bits per heavy atom. The lowest BCUT2D eigenvalue weighted by molar-refractivity contribution is 0.597. The summed E-state index contributed by atoms with van der Waals surface area (Å²) in [7, 11) is -3.81. The highest BCUT2D eigenvalue weighted by Gasteiger charge is 2.19. The minimum atomic E-state index is -3.81. The van der Waals surface area contributed by atoms with Gasteiger partial charge in [0.1, 0.15) is 0 Å². The predicted octanol–water partition coefficient (Wildman–Crippen LogP) is 2.38. The number of fused-ring (bicyclic) bond motifs is 1. The molecule has 1 aromatic carbocycles. The molecule has 1 aromatic heterocycles. The monoisotopic (exact) mass is 307 g/mol. The lowest BCUT2D eigenvalue weighted by Gasteiger charge is -2.18. The summed E-state index contributed by atoms with van der Waals surface area (Å²) in [6.45, 7) is 0.888. The number of aromatic nitrogens is 1. The molecule has 0 saturated carbocycles. The van der Waals surface area contributed by atoms with E-state index < -0.39 is 15.8 Å². The Kier molecular flexibility index (Phi) is 3.50. The zero-order valence-electron chi connectivity index (χ0n) is 11.1. The molecule has 2 N–H and O–H groups in total. The highest BCUT2D eigenvalue weighted by atomic mass is 32.2. The van der Waals surface area contributed by atoms with Gasteiger partial charge in [0.05, 0.1) is 16.8 Å². The molecule has 0 aliphatic carbocycles. The highest BCUT2D eigenvalue weighted by molar-refractivity contribution is 7.92. The molecule has 0 radical (unpaired) electrons. The number of aryl methyl sites for hydroxylation is 1. The molecule has 0 fully saturated rings. The van der Waals surface area contributed by atoms with Gasteiger partial charge < -0.3 is 5.32 Å². The van der Waals surface area contributed by atoms with E-state index in [2.05, 4.69) is 15.0 Å². The zero-order chi connectivity index (χ0) is 14.9. The molecule has 0 bridgehead atoms. The summed E-state index contributed by atoms with van der Waals surface area (Å²) in [4.78, 5) is 3.71. The molecule has 110 valence electrons. The molecule has 5 nitrogen and oxygen atoms in total. The fourth-order valence-electron chi connectivity index (χ4n) is 2.28. The van der Waals surface area contributed by atoms with E-state index in [0.29, 0.717) is 0 Å². The number of hydrogen-bond donors (Lipinski definition) is 2. The SMILES string of the molecule is O=S(=O)(Nc1ccncc1F)c1ccc2c(c1)CCCN2. The second-order valence-electron chi connectivity index (χ2n) is 4.81. The van der Waals surface area contributed by atoms with Crippen LogP contribution in [0.5, 0.6) is 0 Å². The summed E-state index contributed by atoms with van der Waals surface area (Å²) in [6.07, 6.45) is 4.09. The first-order valence-corrected chi connectivity index (χ1v) is 8.04. The van der Waals surface area contributed by atoms with E-state index in [4.69, 9.17) is 0 Å². The van der Waals surface area contributed by atoms with Crippen molar-refractivity contribution in [2.45, 2.75) is 17.7 Å². The Hall–Kier alpha value is -2.15. The van der Waals surface area contributed by atoms with Crippen molar-refractivity contribution in [3.05, 3.63) is 48.0 Å². The van der Waals surface area contributed by atoms with Gasteiger partial charge in [-0.2, -0.15) is 0 Å². The van der Waals surface area contributed by atoms with Gasteiger partial charge in [-0.3, -0.25) is 9.71 Å². The van der Waals surface area contributed by atoms with Crippen LogP contribution in [-0.2, 0) is 16.4 Å². The second-order valence-corrected chi connectivity index (χ2v) is 6.49. The van der Waals surface area contributed by atoms with Gasteiger partial charge in [-0.25, -0.2) is 12.8 Å². The van der Waals surface area contributed by atoms with Crippen molar-refractivity contribution in [1.29, 1.82) is 0 Å². The second kappa shape index (κ2) is 5.33. The van der Waals surface area contributed by atoms with Gasteiger partial charge in [0.25, 0.3) is 10.0 Å². The quantitative estimate of drug-likeness (QED) is 0.913. The van der Waals surface area contributed by atoms with Crippen molar-refractivity contribution in [3.63, 3.8) is 0 Å². The van der Waals surface area contributed by atoms with Crippen LogP contribution in [0.15, 0.2) is 41.6 Å². The van der Waals surface area contributed by atoms with Gasteiger partial charge in [0.2, 0.25) is 0 Å². The Balaban J connectivity index is 1.93. The summed E-state index contributed by atoms with van der Waals surface area (Å²) in [5, 5.41) is 3.22. The maximum absolute atomic E-state index is 13.5. The van der Waals surface area contributed by atoms with Crippen LogP contribution in [0.4, 0.5) is 15.8 Å². The Morgan fingerprint density at radius 2 is 2.14 bits per heavy atom. The lowest BCUT2D eigenvalue weighted by atomic mass is 10.0. The van der Waals surface area contributed by atoms with Crippen molar-refractivity contribution in [3.8, 4) is 0 Å². The van der Waals surface area contributed by atoms with Gasteiger partial charge in [-0.15, -0.1) is 0 Å². The van der Waals surface area contributed by atoms with E-state index in [-0.39, 0.29) is 10.6 Å². The third kappa shape index (κ3) is 2.82. The Morgan fingerprint density at radius 1 is 1.29 bits per heavy atom. The van der Waals surface area contributed by atoms with Gasteiger partial charge in [-0.05, 0) is 42.7 Å². The van der Waals surface area contributed by atoms with Crippen molar-refractivity contribution in [1.82, 2.24) is 4.98 Å². The van der Waals surface area contributed by atoms with Crippen LogP contribution in [0, 0.1) is 5.82 Å². The molecule has 1 aliphatic heterocycles. The van der Waals surface area contributed by atoms with Crippen molar-refractivity contribution < 1.29 is 12.8 Å². The van der Waals surface area contributed by atoms with Crippen LogP contribution in [0.1, 0.15) is 12.0 Å². The van der Waals surface area contributed by atoms with E-state index in [1.165, 1.54) is 18.3 Å². The van der Waals surface area contributed by atoms with Crippen LogP contribution in [-0.4, -0.2) is 19.9 Å². The summed E-state index contributed by atoms with van der Waals surface area (Å²) in [6, 6.07) is 6.17. The minimum absolute atomic E-state index is 0.110.